The van der Waals surface area contributed by atoms with Crippen molar-refractivity contribution in [2.45, 2.75) is 12.6 Å². The van der Waals surface area contributed by atoms with Gasteiger partial charge in [0.1, 0.15) is 6.04 Å². The molecule has 25 heavy (non-hydrogen) atoms. The molecule has 1 aliphatic heterocycles. The van der Waals surface area contributed by atoms with Crippen LogP contribution in [0.1, 0.15) is 27.5 Å². The normalized spacial score (nSPS) is 15.5. The Labute approximate surface area is 145 Å². The van der Waals surface area contributed by atoms with Crippen molar-refractivity contribution in [3.8, 4) is 23.3 Å². The smallest absolute Gasteiger partial charge is 0.259 e. The zero-order valence-electron chi connectivity index (χ0n) is 14.1. The molecule has 0 saturated carbocycles. The van der Waals surface area contributed by atoms with E-state index in [0.29, 0.717) is 22.6 Å². The van der Waals surface area contributed by atoms with E-state index in [2.05, 4.69) is 11.1 Å². The average Bonchev–Trinajstić information content (AvgIpc) is 2.92. The summed E-state index contributed by atoms with van der Waals surface area (Å²) in [6.07, 6.45) is 3.33. The van der Waals surface area contributed by atoms with Crippen LogP contribution in [0.25, 0.3) is 0 Å². The molecule has 0 aliphatic carbocycles. The molecule has 1 aromatic carbocycles. The van der Waals surface area contributed by atoms with Crippen LogP contribution in [0.2, 0.25) is 0 Å². The lowest BCUT2D eigenvalue weighted by Gasteiger charge is -2.19. The number of benzene rings is 1. The fraction of sp³-hybridized carbons (Fsp3) is 0.278. The summed E-state index contributed by atoms with van der Waals surface area (Å²) in [6, 6.07) is 6.76. The highest BCUT2D eigenvalue weighted by Gasteiger charge is 2.41. The molecule has 7 nitrogen and oxygen atoms in total. The molecule has 1 unspecified atom stereocenters. The van der Waals surface area contributed by atoms with Gasteiger partial charge in [0.25, 0.3) is 5.91 Å². The van der Waals surface area contributed by atoms with Crippen molar-refractivity contribution in [3.05, 3.63) is 47.3 Å². The number of pyridine rings is 1. The Morgan fingerprint density at radius 1 is 1.24 bits per heavy atom. The molecule has 0 radical (unpaired) electrons. The zero-order chi connectivity index (χ0) is 18.0. The summed E-state index contributed by atoms with van der Waals surface area (Å²) < 4.78 is 16.1. The van der Waals surface area contributed by atoms with Gasteiger partial charge in [0, 0.05) is 24.5 Å². The van der Waals surface area contributed by atoms with Crippen LogP contribution in [0.15, 0.2) is 30.6 Å². The molecule has 2 aromatic rings. The first-order valence-electron chi connectivity index (χ1n) is 7.58. The van der Waals surface area contributed by atoms with Crippen molar-refractivity contribution in [2.75, 3.05) is 21.3 Å². The summed E-state index contributed by atoms with van der Waals surface area (Å²) in [7, 11) is 4.42. The average molecular weight is 339 g/mol. The number of hydrogen-bond donors (Lipinski definition) is 0. The first kappa shape index (κ1) is 16.6. The lowest BCUT2D eigenvalue weighted by atomic mass is 10.0. The zero-order valence-corrected chi connectivity index (χ0v) is 14.1. The highest BCUT2D eigenvalue weighted by atomic mass is 16.5. The molecule has 2 heterocycles. The van der Waals surface area contributed by atoms with Crippen molar-refractivity contribution in [2.24, 2.45) is 0 Å². The van der Waals surface area contributed by atoms with E-state index < -0.39 is 6.04 Å². The van der Waals surface area contributed by atoms with Gasteiger partial charge in [-0.05, 0) is 17.7 Å². The van der Waals surface area contributed by atoms with Crippen LogP contribution in [-0.4, -0.2) is 37.1 Å². The number of methoxy groups -OCH3 is 3. The maximum absolute atomic E-state index is 13.0. The Bertz CT molecular complexity index is 846. The second kappa shape index (κ2) is 6.69. The van der Waals surface area contributed by atoms with Crippen molar-refractivity contribution in [1.82, 2.24) is 9.88 Å². The molecule has 0 N–H and O–H groups in total. The minimum absolute atomic E-state index is 0.271. The van der Waals surface area contributed by atoms with E-state index in [9.17, 15) is 10.1 Å². The molecule has 0 bridgehead atoms. The predicted octanol–water partition coefficient (Wildman–Crippen LogP) is 2.33. The largest absolute Gasteiger partial charge is 0.493 e. The maximum Gasteiger partial charge on any atom is 0.259 e. The number of nitriles is 1. The Kier molecular flexibility index (Phi) is 4.44. The van der Waals surface area contributed by atoms with E-state index in [1.165, 1.54) is 26.2 Å². The topological polar surface area (TPSA) is 84.7 Å². The fourth-order valence-electron chi connectivity index (χ4n) is 3.03. The minimum atomic E-state index is -0.739. The van der Waals surface area contributed by atoms with Crippen LogP contribution in [0, 0.1) is 11.3 Å². The molecule has 0 spiro atoms. The lowest BCUT2D eigenvalue weighted by molar-refractivity contribution is 0.0741. The first-order chi connectivity index (χ1) is 12.2. The number of rotatable bonds is 5. The SMILES string of the molecule is COc1cc2c(c(OC)c1OC)C(=O)N(Cc1cccnc1)C2C#N. The Balaban J connectivity index is 2.12. The maximum atomic E-state index is 13.0. The summed E-state index contributed by atoms with van der Waals surface area (Å²) in [6.45, 7) is 0.271. The van der Waals surface area contributed by atoms with Crippen LogP contribution in [0.4, 0.5) is 0 Å². The Hall–Kier alpha value is -3.27. The molecular weight excluding hydrogens is 322 g/mol. The summed E-state index contributed by atoms with van der Waals surface area (Å²) in [5, 5.41) is 9.66. The molecule has 7 heteroatoms. The highest BCUT2D eigenvalue weighted by Crippen LogP contribution is 2.48. The molecule has 1 atom stereocenters. The van der Waals surface area contributed by atoms with Gasteiger partial charge in [0.15, 0.2) is 11.5 Å². The van der Waals surface area contributed by atoms with E-state index in [4.69, 9.17) is 14.2 Å². The van der Waals surface area contributed by atoms with Crippen LogP contribution in [-0.2, 0) is 6.54 Å². The van der Waals surface area contributed by atoms with Crippen molar-refractivity contribution in [1.29, 1.82) is 5.26 Å². The highest BCUT2D eigenvalue weighted by molar-refractivity contribution is 6.03. The summed E-state index contributed by atoms with van der Waals surface area (Å²) in [5.74, 6) is 0.727. The van der Waals surface area contributed by atoms with Crippen molar-refractivity contribution < 1.29 is 19.0 Å². The third-order valence-corrected chi connectivity index (χ3v) is 4.14. The van der Waals surface area contributed by atoms with Gasteiger partial charge in [-0.15, -0.1) is 0 Å². The Morgan fingerprint density at radius 3 is 2.56 bits per heavy atom. The number of aromatic nitrogens is 1. The molecule has 0 fully saturated rings. The molecule has 1 aromatic heterocycles. The third-order valence-electron chi connectivity index (χ3n) is 4.14. The molecular formula is C18H17N3O4. The van der Waals surface area contributed by atoms with Gasteiger partial charge in [0.05, 0.1) is 33.0 Å². The van der Waals surface area contributed by atoms with Gasteiger partial charge in [-0.3, -0.25) is 9.78 Å². The van der Waals surface area contributed by atoms with Gasteiger partial charge in [-0.25, -0.2) is 0 Å². The molecule has 0 saturated heterocycles. The van der Waals surface area contributed by atoms with Gasteiger partial charge in [0.2, 0.25) is 5.75 Å². The third kappa shape index (κ3) is 2.62. The number of nitrogens with zero attached hydrogens (tertiary/aromatic N) is 3. The summed E-state index contributed by atoms with van der Waals surface area (Å²) >= 11 is 0. The van der Waals surface area contributed by atoms with Crippen molar-refractivity contribution in [3.63, 3.8) is 0 Å². The first-order valence-corrected chi connectivity index (χ1v) is 7.58. The lowest BCUT2D eigenvalue weighted by Crippen LogP contribution is -2.27. The number of amides is 1. The fourth-order valence-corrected chi connectivity index (χ4v) is 3.03. The van der Waals surface area contributed by atoms with E-state index in [0.717, 1.165) is 5.56 Å². The van der Waals surface area contributed by atoms with Gasteiger partial charge < -0.3 is 19.1 Å². The Morgan fingerprint density at radius 2 is 2.00 bits per heavy atom. The van der Waals surface area contributed by atoms with Gasteiger partial charge in [-0.1, -0.05) is 6.07 Å². The van der Waals surface area contributed by atoms with Gasteiger partial charge in [-0.2, -0.15) is 5.26 Å². The monoisotopic (exact) mass is 339 g/mol. The molecule has 1 aliphatic rings. The number of carbonyl (C=O) groups is 1. The van der Waals surface area contributed by atoms with E-state index >= 15 is 0 Å². The van der Waals surface area contributed by atoms with Crippen molar-refractivity contribution >= 4 is 5.91 Å². The van der Waals surface area contributed by atoms with Crippen LogP contribution in [0.3, 0.4) is 0 Å². The van der Waals surface area contributed by atoms with E-state index in [-0.39, 0.29) is 18.2 Å². The standard InChI is InChI=1S/C18H17N3O4/c1-23-14-7-12-13(8-19)21(10-11-5-4-6-20-9-11)18(22)15(12)17(25-3)16(14)24-2/h4-7,9,13H,10H2,1-3H3. The second-order valence-electron chi connectivity index (χ2n) is 5.44. The van der Waals surface area contributed by atoms with Crippen LogP contribution < -0.4 is 14.2 Å². The number of fused-ring (bicyclic) bond motifs is 1. The second-order valence-corrected chi connectivity index (χ2v) is 5.44. The van der Waals surface area contributed by atoms with E-state index in [1.807, 2.05) is 6.07 Å². The van der Waals surface area contributed by atoms with E-state index in [1.54, 1.807) is 24.5 Å². The molecule has 3 rings (SSSR count). The predicted molar refractivity (Wildman–Crippen MR) is 88.6 cm³/mol. The van der Waals surface area contributed by atoms with Crippen LogP contribution in [0.5, 0.6) is 17.2 Å². The quantitative estimate of drug-likeness (QED) is 0.831. The number of hydrogen-bond acceptors (Lipinski definition) is 6. The number of ether oxygens (including phenoxy) is 3. The van der Waals surface area contributed by atoms with Gasteiger partial charge >= 0.3 is 0 Å². The number of carbonyl (C=O) groups excluding carboxylic acids is 1. The van der Waals surface area contributed by atoms with Crippen LogP contribution >= 0.6 is 0 Å². The minimum Gasteiger partial charge on any atom is -0.493 e. The molecule has 128 valence electrons. The summed E-state index contributed by atoms with van der Waals surface area (Å²) in [4.78, 5) is 18.5. The molecule has 1 amide bonds. The summed E-state index contributed by atoms with van der Waals surface area (Å²) in [5.41, 5.74) is 1.71.